The highest BCUT2D eigenvalue weighted by Crippen LogP contribution is 2.30. The number of benzene rings is 1. The second-order valence-electron chi connectivity index (χ2n) is 4.20. The van der Waals surface area contributed by atoms with Gasteiger partial charge in [0.15, 0.2) is 0 Å². The first-order valence-corrected chi connectivity index (χ1v) is 9.76. The summed E-state index contributed by atoms with van der Waals surface area (Å²) in [6.07, 6.45) is -1.05. The number of hydrogen-bond acceptors (Lipinski definition) is 2. The lowest BCUT2D eigenvalue weighted by Gasteiger charge is -2.08. The molecule has 7 heteroatoms. The third-order valence-corrected chi connectivity index (χ3v) is 6.17. The summed E-state index contributed by atoms with van der Waals surface area (Å²) in [4.78, 5) is 4.26. The number of hydrogen-bond donors (Lipinski definition) is 0. The molecule has 0 aliphatic carbocycles. The zero-order valence-corrected chi connectivity index (χ0v) is 12.4. The largest absolute Gasteiger partial charge is 0.573 e. The van der Waals surface area contributed by atoms with Crippen molar-refractivity contribution < 1.29 is 17.9 Å². The lowest BCUT2D eigenvalue weighted by atomic mass is 10.2. The SMILES string of the molecule is C=I1=C(n2cnc(-c3ccc(OC(F)(F)F)cc3)c2)C1. The van der Waals surface area contributed by atoms with Gasteiger partial charge in [-0.1, -0.05) is 4.51 Å². The van der Waals surface area contributed by atoms with Gasteiger partial charge in [-0.2, -0.15) is 0 Å². The highest BCUT2D eigenvalue weighted by atomic mass is 127. The van der Waals surface area contributed by atoms with Gasteiger partial charge in [-0.25, -0.2) is 4.98 Å². The van der Waals surface area contributed by atoms with Gasteiger partial charge in [0.05, 0.1) is 9.33 Å². The van der Waals surface area contributed by atoms with Gasteiger partial charge in [-0.15, -0.1) is 32.0 Å². The molecule has 0 spiro atoms. The van der Waals surface area contributed by atoms with Crippen molar-refractivity contribution in [3.05, 3.63) is 36.8 Å². The van der Waals surface area contributed by atoms with E-state index in [-0.39, 0.29) is 5.75 Å². The van der Waals surface area contributed by atoms with Gasteiger partial charge < -0.3 is 9.30 Å². The third kappa shape index (κ3) is 2.97. The van der Waals surface area contributed by atoms with Crippen LogP contribution in [0.25, 0.3) is 11.3 Å². The van der Waals surface area contributed by atoms with Crippen LogP contribution in [0.1, 0.15) is 0 Å². The Balaban J connectivity index is 1.81. The molecule has 0 unspecified atom stereocenters. The molecule has 20 heavy (non-hydrogen) atoms. The molecule has 2 aromatic rings. The number of ether oxygens (including phenoxy) is 1. The van der Waals surface area contributed by atoms with Crippen LogP contribution in [-0.2, 0) is 0 Å². The Morgan fingerprint density at radius 3 is 2.45 bits per heavy atom. The predicted molar refractivity (Wildman–Crippen MR) is 80.8 cm³/mol. The van der Waals surface area contributed by atoms with Crippen molar-refractivity contribution in [3.8, 4) is 17.0 Å². The number of nitrogens with zero attached hydrogens (tertiary/aromatic N) is 2. The van der Waals surface area contributed by atoms with Gasteiger partial charge in [0, 0.05) is 16.2 Å². The molecule has 1 aliphatic rings. The molecule has 0 fully saturated rings. The van der Waals surface area contributed by atoms with Crippen molar-refractivity contribution in [2.45, 2.75) is 6.36 Å². The van der Waals surface area contributed by atoms with Crippen LogP contribution < -0.4 is 4.74 Å². The van der Waals surface area contributed by atoms with E-state index < -0.39 is 25.2 Å². The van der Waals surface area contributed by atoms with Crippen molar-refractivity contribution in [1.29, 1.82) is 0 Å². The summed E-state index contributed by atoms with van der Waals surface area (Å²) in [5.74, 6) is -0.233. The summed E-state index contributed by atoms with van der Waals surface area (Å²) in [5.41, 5.74) is 1.48. The molecule has 0 radical (unpaired) electrons. The summed E-state index contributed by atoms with van der Waals surface area (Å²) < 4.78 is 48.5. The maximum absolute atomic E-state index is 12.1. The Morgan fingerprint density at radius 2 is 1.90 bits per heavy atom. The normalized spacial score (nSPS) is 15.4. The molecule has 3 rings (SSSR count). The highest BCUT2D eigenvalue weighted by molar-refractivity contribution is 14.2. The predicted octanol–water partition coefficient (Wildman–Crippen LogP) is 3.38. The maximum atomic E-state index is 12.1. The Kier molecular flexibility index (Phi) is 3.23. The van der Waals surface area contributed by atoms with Crippen LogP contribution in [-0.4, -0.2) is 28.5 Å². The number of halogens is 4. The standard InChI is InChI=1S/C13H10F3IN2O/c1-17-6-12(17)19-7-11(18-8-19)9-2-4-10(5-3-9)20-13(14,15)16/h2-5,7-8H,1,6H2. The van der Waals surface area contributed by atoms with Crippen LogP contribution in [0, 0.1) is 0 Å². The number of alkyl halides is 4. The maximum Gasteiger partial charge on any atom is 0.573 e. The minimum atomic E-state index is -4.67. The Bertz CT molecular complexity index is 725. The van der Waals surface area contributed by atoms with Crippen molar-refractivity contribution in [2.24, 2.45) is 0 Å². The average molecular weight is 394 g/mol. The van der Waals surface area contributed by atoms with Gasteiger partial charge in [0.1, 0.15) is 12.1 Å². The number of imidazole rings is 1. The van der Waals surface area contributed by atoms with Gasteiger partial charge in [-0.3, -0.25) is 0 Å². The van der Waals surface area contributed by atoms with E-state index >= 15 is 0 Å². The first-order chi connectivity index (χ1) is 9.42. The first-order valence-electron chi connectivity index (χ1n) is 5.63. The Labute approximate surface area is 119 Å². The monoisotopic (exact) mass is 394 g/mol. The van der Waals surface area contributed by atoms with Crippen molar-refractivity contribution >= 4 is 27.0 Å². The first kappa shape index (κ1) is 13.5. The fourth-order valence-electron chi connectivity index (χ4n) is 1.75. The molecule has 1 aromatic carbocycles. The van der Waals surface area contributed by atoms with Gasteiger partial charge >= 0.3 is 6.36 Å². The highest BCUT2D eigenvalue weighted by Gasteiger charge is 2.31. The van der Waals surface area contributed by atoms with Crippen LogP contribution in [0.3, 0.4) is 0 Å². The zero-order valence-electron chi connectivity index (χ0n) is 10.2. The van der Waals surface area contributed by atoms with E-state index in [1.54, 1.807) is 18.5 Å². The molecule has 1 aliphatic heterocycles. The topological polar surface area (TPSA) is 27.1 Å². The molecule has 1 aromatic heterocycles. The third-order valence-electron chi connectivity index (χ3n) is 2.75. The van der Waals surface area contributed by atoms with Gasteiger partial charge in [-0.05, 0) is 24.3 Å². The average Bonchev–Trinajstić information content (AvgIpc) is 2.89. The summed E-state index contributed by atoms with van der Waals surface area (Å²) in [6.45, 7) is 0. The van der Waals surface area contributed by atoms with E-state index in [1.165, 1.54) is 15.8 Å². The van der Waals surface area contributed by atoms with Crippen molar-refractivity contribution in [3.63, 3.8) is 0 Å². The molecular weight excluding hydrogens is 384 g/mol. The molecule has 0 saturated carbocycles. The smallest absolute Gasteiger partial charge is 0.406 e. The number of aromatic nitrogens is 2. The second kappa shape index (κ2) is 4.80. The lowest BCUT2D eigenvalue weighted by Crippen LogP contribution is -2.16. The molecule has 0 saturated heterocycles. The molecular formula is C13H10F3IN2O. The quantitative estimate of drug-likeness (QED) is 0.590. The van der Waals surface area contributed by atoms with E-state index in [2.05, 4.69) is 14.2 Å². The summed E-state index contributed by atoms with van der Waals surface area (Å²) >= 11 is -1.06. The van der Waals surface area contributed by atoms with E-state index in [0.717, 1.165) is 15.7 Å². The van der Waals surface area contributed by atoms with Crippen LogP contribution in [0.2, 0.25) is 0 Å². The minimum Gasteiger partial charge on any atom is -0.406 e. The summed E-state index contributed by atoms with van der Waals surface area (Å²) in [7, 11) is 0. The van der Waals surface area contributed by atoms with Crippen molar-refractivity contribution in [2.75, 3.05) is 4.43 Å². The molecule has 0 N–H and O–H groups in total. The Morgan fingerprint density at radius 1 is 1.25 bits per heavy atom. The van der Waals surface area contributed by atoms with E-state index in [9.17, 15) is 13.2 Å². The van der Waals surface area contributed by atoms with Crippen LogP contribution in [0.4, 0.5) is 13.2 Å². The van der Waals surface area contributed by atoms with Crippen LogP contribution in [0.5, 0.6) is 5.75 Å². The minimum absolute atomic E-state index is 0.233. The van der Waals surface area contributed by atoms with E-state index in [4.69, 9.17) is 0 Å². The molecule has 2 heterocycles. The van der Waals surface area contributed by atoms with E-state index in [0.29, 0.717) is 0 Å². The zero-order chi connectivity index (χ0) is 14.3. The fourth-order valence-corrected chi connectivity index (χ4v) is 5.18. The van der Waals surface area contributed by atoms with Gasteiger partial charge in [0.2, 0.25) is 0 Å². The molecule has 0 atom stereocenters. The van der Waals surface area contributed by atoms with Crippen molar-refractivity contribution in [1.82, 2.24) is 9.55 Å². The lowest BCUT2D eigenvalue weighted by molar-refractivity contribution is -0.274. The molecule has 106 valence electrons. The summed E-state index contributed by atoms with van der Waals surface area (Å²) in [5, 5.41) is 0. The van der Waals surface area contributed by atoms with Crippen LogP contribution in [0.15, 0.2) is 36.8 Å². The fraction of sp³-hybridized carbons (Fsp3) is 0.154. The molecule has 3 nitrogen and oxygen atoms in total. The van der Waals surface area contributed by atoms with Crippen LogP contribution >= 0.6 is 18.9 Å². The van der Waals surface area contributed by atoms with E-state index in [1.807, 2.05) is 10.8 Å². The summed E-state index contributed by atoms with van der Waals surface area (Å²) in [6, 6.07) is 5.69. The van der Waals surface area contributed by atoms with Gasteiger partial charge in [0.25, 0.3) is 0 Å². The second-order valence-corrected chi connectivity index (χ2v) is 8.82. The molecule has 0 amide bonds. The Hall–Kier alpha value is -1.51. The molecule has 0 bridgehead atoms. The number of rotatable bonds is 3.